The number of nitrogens with one attached hydrogen (secondary N) is 2. The van der Waals surface area contributed by atoms with Crippen LogP contribution in [0.1, 0.15) is 101 Å². The fraction of sp³-hybridized carbons (Fsp3) is 0.700. The molecule has 8 heteroatoms. The molecule has 38 heavy (non-hydrogen) atoms. The molecule has 212 valence electrons. The van der Waals surface area contributed by atoms with Crippen LogP contribution in [-0.4, -0.2) is 78.9 Å². The fourth-order valence-electron chi connectivity index (χ4n) is 5.74. The summed E-state index contributed by atoms with van der Waals surface area (Å²) in [6.07, 6.45) is 13.3. The van der Waals surface area contributed by atoms with E-state index in [4.69, 9.17) is 4.74 Å². The Balaban J connectivity index is 1.87. The van der Waals surface area contributed by atoms with Gasteiger partial charge in [-0.3, -0.25) is 19.2 Å². The molecule has 1 aromatic rings. The standard InChI is InChI=1S/C30H49N5O3/c1-6-7-8-13-30(4,34-14-9-10-15-34)22-32-29(37)27(23(2)3)18-24(19-31-5)28-25(21-36)20-33-35(28)26-11-16-38-17-12-26/h18,20-21,26,31H,6-17,19,22H2,1-5H3,(H,32,37)/b24-18+. The van der Waals surface area contributed by atoms with Crippen molar-refractivity contribution < 1.29 is 14.3 Å². The van der Waals surface area contributed by atoms with Crippen molar-refractivity contribution in [2.75, 3.05) is 46.4 Å². The topological polar surface area (TPSA) is 88.5 Å². The molecule has 2 aliphatic rings. The number of carbonyl (C=O) groups is 2. The van der Waals surface area contributed by atoms with Gasteiger partial charge in [-0.15, -0.1) is 0 Å². The Bertz CT molecular complexity index is 982. The molecule has 0 aromatic carbocycles. The van der Waals surface area contributed by atoms with Gasteiger partial charge >= 0.3 is 0 Å². The molecule has 0 bridgehead atoms. The highest BCUT2D eigenvalue weighted by Crippen LogP contribution is 2.29. The minimum atomic E-state index is -0.0655. The lowest BCUT2D eigenvalue weighted by Crippen LogP contribution is -2.52. The van der Waals surface area contributed by atoms with Crippen LogP contribution < -0.4 is 10.6 Å². The van der Waals surface area contributed by atoms with Gasteiger partial charge in [0.25, 0.3) is 5.91 Å². The lowest BCUT2D eigenvalue weighted by Gasteiger charge is -2.39. The Morgan fingerprint density at radius 3 is 2.53 bits per heavy atom. The second-order valence-corrected chi connectivity index (χ2v) is 11.3. The van der Waals surface area contributed by atoms with Crippen molar-refractivity contribution in [1.82, 2.24) is 25.3 Å². The molecule has 1 aromatic heterocycles. The van der Waals surface area contributed by atoms with Gasteiger partial charge in [0, 0.05) is 37.4 Å². The number of aromatic nitrogens is 2. The molecule has 2 fully saturated rings. The Labute approximate surface area is 229 Å². The maximum atomic E-state index is 13.7. The maximum absolute atomic E-state index is 13.7. The van der Waals surface area contributed by atoms with Gasteiger partial charge in [-0.25, -0.2) is 0 Å². The molecule has 1 unspecified atom stereocenters. The first-order valence-electron chi connectivity index (χ1n) is 14.5. The van der Waals surface area contributed by atoms with Gasteiger partial charge in [0.15, 0.2) is 6.29 Å². The zero-order chi connectivity index (χ0) is 27.5. The van der Waals surface area contributed by atoms with E-state index in [1.165, 1.54) is 32.1 Å². The zero-order valence-corrected chi connectivity index (χ0v) is 24.3. The van der Waals surface area contributed by atoms with Crippen LogP contribution in [-0.2, 0) is 9.53 Å². The molecule has 0 aliphatic carbocycles. The van der Waals surface area contributed by atoms with Crippen LogP contribution >= 0.6 is 0 Å². The third-order valence-electron chi connectivity index (χ3n) is 8.08. The van der Waals surface area contributed by atoms with Crippen molar-refractivity contribution >= 4 is 17.8 Å². The first-order chi connectivity index (χ1) is 18.3. The monoisotopic (exact) mass is 527 g/mol. The smallest absolute Gasteiger partial charge is 0.251 e. The molecule has 2 aliphatic heterocycles. The van der Waals surface area contributed by atoms with Gasteiger partial charge in [-0.1, -0.05) is 31.8 Å². The molecule has 3 rings (SSSR count). The maximum Gasteiger partial charge on any atom is 0.251 e. The first-order valence-corrected chi connectivity index (χ1v) is 14.5. The molecule has 8 nitrogen and oxygen atoms in total. The quantitative estimate of drug-likeness (QED) is 0.160. The van der Waals surface area contributed by atoms with Crippen molar-refractivity contribution in [1.29, 1.82) is 0 Å². The lowest BCUT2D eigenvalue weighted by atomic mass is 9.92. The Morgan fingerprint density at radius 1 is 1.21 bits per heavy atom. The predicted molar refractivity (Wildman–Crippen MR) is 153 cm³/mol. The molecule has 0 radical (unpaired) electrons. The second-order valence-electron chi connectivity index (χ2n) is 11.3. The second kappa shape index (κ2) is 14.8. The third-order valence-corrected chi connectivity index (χ3v) is 8.08. The summed E-state index contributed by atoms with van der Waals surface area (Å²) < 4.78 is 7.52. The number of nitrogens with zero attached hydrogens (tertiary/aromatic N) is 3. The highest BCUT2D eigenvalue weighted by atomic mass is 16.5. The van der Waals surface area contributed by atoms with E-state index in [0.717, 1.165) is 55.5 Å². The Morgan fingerprint density at radius 2 is 1.92 bits per heavy atom. The Kier molecular flexibility index (Phi) is 11.7. The molecule has 0 spiro atoms. The number of amides is 1. The van der Waals surface area contributed by atoms with E-state index in [2.05, 4.69) is 34.5 Å². The molecule has 1 amide bonds. The SMILES string of the molecule is CCCCCC(C)(CNC(=O)C(/C=C(\CNC)c1c(C=O)cnn1C1CCOCC1)=C(C)C)N1CCCC1. The Hall–Kier alpha value is -2.29. The van der Waals surface area contributed by atoms with Crippen LogP contribution in [0.25, 0.3) is 5.57 Å². The molecule has 2 saturated heterocycles. The molecular weight excluding hydrogens is 478 g/mol. The van der Waals surface area contributed by atoms with Gasteiger partial charge in [-0.05, 0) is 84.7 Å². The average Bonchev–Trinajstić information content (AvgIpc) is 3.61. The van der Waals surface area contributed by atoms with Crippen LogP contribution in [0.3, 0.4) is 0 Å². The van der Waals surface area contributed by atoms with Crippen LogP contribution in [0, 0.1) is 0 Å². The predicted octanol–water partition coefficient (Wildman–Crippen LogP) is 4.54. The molecule has 3 heterocycles. The number of likely N-dealkylation sites (N-methyl/N-ethyl adjacent to an activating group) is 1. The van der Waals surface area contributed by atoms with Crippen LogP contribution in [0.4, 0.5) is 0 Å². The van der Waals surface area contributed by atoms with Gasteiger partial charge in [-0.2, -0.15) is 5.10 Å². The number of ether oxygens (including phenoxy) is 1. The van der Waals surface area contributed by atoms with Crippen LogP contribution in [0.5, 0.6) is 0 Å². The number of aldehydes is 1. The summed E-state index contributed by atoms with van der Waals surface area (Å²) in [4.78, 5) is 28.2. The number of likely N-dealkylation sites (tertiary alicyclic amines) is 1. The number of hydrogen-bond acceptors (Lipinski definition) is 6. The zero-order valence-electron chi connectivity index (χ0n) is 24.3. The van der Waals surface area contributed by atoms with Crippen molar-refractivity contribution in [2.24, 2.45) is 0 Å². The van der Waals surface area contributed by atoms with Crippen molar-refractivity contribution in [3.8, 4) is 0 Å². The molecular formula is C30H49N5O3. The minimum Gasteiger partial charge on any atom is -0.381 e. The van der Waals surface area contributed by atoms with Crippen LogP contribution in [0.15, 0.2) is 23.4 Å². The van der Waals surface area contributed by atoms with E-state index in [9.17, 15) is 9.59 Å². The minimum absolute atomic E-state index is 0.0437. The van der Waals surface area contributed by atoms with E-state index < -0.39 is 0 Å². The molecule has 0 saturated carbocycles. The van der Waals surface area contributed by atoms with Crippen molar-refractivity contribution in [2.45, 2.75) is 90.6 Å². The summed E-state index contributed by atoms with van der Waals surface area (Å²) in [5, 5.41) is 11.1. The van der Waals surface area contributed by atoms with Gasteiger partial charge in [0.05, 0.1) is 23.5 Å². The van der Waals surface area contributed by atoms with Crippen LogP contribution in [0.2, 0.25) is 0 Å². The van der Waals surface area contributed by atoms with Crippen molar-refractivity contribution in [3.05, 3.63) is 34.7 Å². The van der Waals surface area contributed by atoms with E-state index in [-0.39, 0.29) is 17.5 Å². The average molecular weight is 528 g/mol. The first kappa shape index (κ1) is 30.3. The normalized spacial score (nSPS) is 18.8. The number of carbonyl (C=O) groups excluding carboxylic acids is 2. The van der Waals surface area contributed by atoms with E-state index in [1.54, 1.807) is 6.20 Å². The van der Waals surface area contributed by atoms with Crippen molar-refractivity contribution in [3.63, 3.8) is 0 Å². The van der Waals surface area contributed by atoms with Gasteiger partial charge < -0.3 is 15.4 Å². The summed E-state index contributed by atoms with van der Waals surface area (Å²) in [6, 6.07) is 0.168. The van der Waals surface area contributed by atoms with Gasteiger partial charge in [0.2, 0.25) is 0 Å². The fourth-order valence-corrected chi connectivity index (χ4v) is 5.74. The molecule has 1 atom stereocenters. The highest BCUT2D eigenvalue weighted by Gasteiger charge is 2.34. The third kappa shape index (κ3) is 7.64. The summed E-state index contributed by atoms with van der Waals surface area (Å²) >= 11 is 0. The highest BCUT2D eigenvalue weighted by molar-refractivity contribution is 5.99. The summed E-state index contributed by atoms with van der Waals surface area (Å²) in [6.45, 7) is 13.2. The molecule has 2 N–H and O–H groups in total. The van der Waals surface area contributed by atoms with E-state index in [1.807, 2.05) is 31.7 Å². The number of allylic oxidation sites excluding steroid dienone is 1. The number of hydrogen-bond donors (Lipinski definition) is 2. The number of rotatable bonds is 14. The van der Waals surface area contributed by atoms with E-state index in [0.29, 0.717) is 37.4 Å². The van der Waals surface area contributed by atoms with E-state index >= 15 is 0 Å². The summed E-state index contributed by atoms with van der Waals surface area (Å²) in [5.74, 6) is -0.0655. The summed E-state index contributed by atoms with van der Waals surface area (Å²) in [5.41, 5.74) is 3.75. The number of unbranched alkanes of at least 4 members (excludes halogenated alkanes) is 2. The lowest BCUT2D eigenvalue weighted by molar-refractivity contribution is -0.117. The van der Waals surface area contributed by atoms with Gasteiger partial charge in [0.1, 0.15) is 0 Å². The largest absolute Gasteiger partial charge is 0.381 e. The summed E-state index contributed by atoms with van der Waals surface area (Å²) in [7, 11) is 1.88.